The lowest BCUT2D eigenvalue weighted by Crippen LogP contribution is -2.50. The fourth-order valence-electron chi connectivity index (χ4n) is 4.36. The lowest BCUT2D eigenvalue weighted by atomic mass is 10.1. The average Bonchev–Trinajstić information content (AvgIpc) is 2.89. The lowest BCUT2D eigenvalue weighted by molar-refractivity contribution is -0.0373. The first-order valence-corrected chi connectivity index (χ1v) is 17.9. The molecule has 0 aromatic heterocycles. The molecule has 0 aliphatic rings. The summed E-state index contributed by atoms with van der Waals surface area (Å²) in [5, 5.41) is 0. The van der Waals surface area contributed by atoms with E-state index >= 15 is 0 Å². The monoisotopic (exact) mass is 530 g/mol. The molecule has 0 aromatic rings. The SMILES string of the molecule is CCCCCCCCCO[Si](OCCCC)(OCCCCCCCCC)OCCCCCCCCC. The van der Waals surface area contributed by atoms with Crippen molar-refractivity contribution < 1.29 is 17.7 Å². The molecule has 0 rings (SSSR count). The van der Waals surface area contributed by atoms with E-state index in [1.807, 2.05) is 0 Å². The Hall–Kier alpha value is 0.0569. The molecule has 0 bridgehead atoms. The van der Waals surface area contributed by atoms with Crippen LogP contribution >= 0.6 is 0 Å². The molecular weight excluding hydrogens is 464 g/mol. The normalized spacial score (nSPS) is 12.0. The van der Waals surface area contributed by atoms with Crippen LogP contribution in [0.25, 0.3) is 0 Å². The van der Waals surface area contributed by atoms with E-state index in [4.69, 9.17) is 17.7 Å². The maximum Gasteiger partial charge on any atom is 0.679 e. The van der Waals surface area contributed by atoms with Crippen molar-refractivity contribution in [1.82, 2.24) is 0 Å². The van der Waals surface area contributed by atoms with E-state index in [9.17, 15) is 0 Å². The summed E-state index contributed by atoms with van der Waals surface area (Å²) >= 11 is 0. The minimum Gasteiger partial charge on any atom is -0.351 e. The van der Waals surface area contributed by atoms with Gasteiger partial charge in [-0.15, -0.1) is 0 Å². The highest BCUT2D eigenvalue weighted by Gasteiger charge is 2.45. The Balaban J connectivity index is 4.60. The van der Waals surface area contributed by atoms with Crippen LogP contribution in [0.4, 0.5) is 0 Å². The van der Waals surface area contributed by atoms with Crippen LogP contribution in [0, 0.1) is 0 Å². The predicted molar refractivity (Wildman–Crippen MR) is 158 cm³/mol. The fraction of sp³-hybridized carbons (Fsp3) is 1.00. The van der Waals surface area contributed by atoms with Crippen LogP contribution in [-0.4, -0.2) is 35.5 Å². The molecule has 0 heterocycles. The standard InChI is InChI=1S/C31H66O4Si/c1-5-9-13-16-19-22-25-29-33-36(32-28-12-8-4,34-30-26-23-20-17-14-10-6-2)35-31-27-24-21-18-15-11-7-3/h5-31H2,1-4H3. The predicted octanol–water partition coefficient (Wildman–Crippen LogP) is 10.5. The van der Waals surface area contributed by atoms with Gasteiger partial charge in [-0.25, -0.2) is 0 Å². The molecule has 0 saturated carbocycles. The molecule has 0 N–H and O–H groups in total. The van der Waals surface area contributed by atoms with Gasteiger partial charge < -0.3 is 17.7 Å². The van der Waals surface area contributed by atoms with Gasteiger partial charge in [-0.3, -0.25) is 0 Å². The van der Waals surface area contributed by atoms with E-state index in [0.717, 1.165) is 32.1 Å². The van der Waals surface area contributed by atoms with E-state index in [1.165, 1.54) is 116 Å². The molecule has 0 fully saturated rings. The zero-order valence-corrected chi connectivity index (χ0v) is 26.2. The van der Waals surface area contributed by atoms with E-state index in [1.54, 1.807) is 0 Å². The minimum atomic E-state index is -3.08. The molecule has 0 aliphatic heterocycles. The summed E-state index contributed by atoms with van der Waals surface area (Å²) in [6, 6.07) is 0. The summed E-state index contributed by atoms with van der Waals surface area (Å²) in [6.45, 7) is 11.8. The van der Waals surface area contributed by atoms with Gasteiger partial charge in [-0.1, -0.05) is 150 Å². The van der Waals surface area contributed by atoms with Gasteiger partial charge in [0.05, 0.1) is 0 Å². The van der Waals surface area contributed by atoms with E-state index < -0.39 is 9.05 Å². The summed E-state index contributed by atoms with van der Waals surface area (Å²) in [5.74, 6) is 0. The largest absolute Gasteiger partial charge is 0.679 e. The number of rotatable bonds is 31. The van der Waals surface area contributed by atoms with Gasteiger partial charge in [-0.05, 0) is 25.7 Å². The van der Waals surface area contributed by atoms with Gasteiger partial charge in [0.25, 0.3) is 0 Å². The van der Waals surface area contributed by atoms with Gasteiger partial charge in [0.2, 0.25) is 0 Å². The maximum atomic E-state index is 6.40. The Morgan fingerprint density at radius 2 is 0.500 bits per heavy atom. The first kappa shape index (κ1) is 36.1. The van der Waals surface area contributed by atoms with Crippen LogP contribution in [0.2, 0.25) is 0 Å². The smallest absolute Gasteiger partial charge is 0.351 e. The van der Waals surface area contributed by atoms with E-state index in [0.29, 0.717) is 26.4 Å². The van der Waals surface area contributed by atoms with Crippen molar-refractivity contribution in [3.63, 3.8) is 0 Å². The highest BCUT2D eigenvalue weighted by molar-refractivity contribution is 6.53. The second-order valence-corrected chi connectivity index (χ2v) is 12.8. The number of hydrogen-bond donors (Lipinski definition) is 0. The second kappa shape index (κ2) is 29.6. The number of hydrogen-bond acceptors (Lipinski definition) is 4. The molecule has 0 spiro atoms. The lowest BCUT2D eigenvalue weighted by Gasteiger charge is -2.28. The van der Waals surface area contributed by atoms with Crippen LogP contribution in [0.1, 0.15) is 175 Å². The van der Waals surface area contributed by atoms with Crippen molar-refractivity contribution in [3.8, 4) is 0 Å². The molecule has 0 saturated heterocycles. The Morgan fingerprint density at radius 3 is 0.778 bits per heavy atom. The van der Waals surface area contributed by atoms with Gasteiger partial charge in [0.1, 0.15) is 0 Å². The third-order valence-electron chi connectivity index (χ3n) is 6.86. The van der Waals surface area contributed by atoms with Crippen LogP contribution < -0.4 is 0 Å². The van der Waals surface area contributed by atoms with Crippen LogP contribution in [-0.2, 0) is 17.7 Å². The highest BCUT2D eigenvalue weighted by Crippen LogP contribution is 2.18. The van der Waals surface area contributed by atoms with Crippen molar-refractivity contribution in [3.05, 3.63) is 0 Å². The van der Waals surface area contributed by atoms with Gasteiger partial charge in [-0.2, -0.15) is 0 Å². The van der Waals surface area contributed by atoms with Crippen LogP contribution in [0.15, 0.2) is 0 Å². The molecule has 4 nitrogen and oxygen atoms in total. The zero-order valence-electron chi connectivity index (χ0n) is 25.2. The third-order valence-corrected chi connectivity index (χ3v) is 9.09. The Kier molecular flexibility index (Phi) is 29.7. The quantitative estimate of drug-likeness (QED) is 0.0659. The minimum absolute atomic E-state index is 0.674. The molecule has 0 unspecified atom stereocenters. The van der Waals surface area contributed by atoms with E-state index in [-0.39, 0.29) is 0 Å². The molecule has 218 valence electrons. The molecule has 0 aromatic carbocycles. The summed E-state index contributed by atoms with van der Waals surface area (Å²) in [4.78, 5) is 0. The van der Waals surface area contributed by atoms with E-state index in [2.05, 4.69) is 27.7 Å². The molecule has 0 amide bonds. The average molecular weight is 531 g/mol. The molecule has 36 heavy (non-hydrogen) atoms. The number of unbranched alkanes of at least 4 members (excludes halogenated alkanes) is 19. The molecule has 5 heteroatoms. The van der Waals surface area contributed by atoms with Crippen molar-refractivity contribution in [1.29, 1.82) is 0 Å². The van der Waals surface area contributed by atoms with Crippen molar-refractivity contribution in [2.24, 2.45) is 0 Å². The zero-order chi connectivity index (χ0) is 26.4. The maximum absolute atomic E-state index is 6.40. The first-order chi connectivity index (χ1) is 17.7. The first-order valence-electron chi connectivity index (χ1n) is 16.3. The Morgan fingerprint density at radius 1 is 0.278 bits per heavy atom. The van der Waals surface area contributed by atoms with Crippen molar-refractivity contribution in [2.75, 3.05) is 26.4 Å². The second-order valence-electron chi connectivity index (χ2n) is 10.6. The Bertz CT molecular complexity index is 358. The summed E-state index contributed by atoms with van der Waals surface area (Å²) < 4.78 is 25.5. The summed E-state index contributed by atoms with van der Waals surface area (Å²) in [7, 11) is -3.08. The highest BCUT2D eigenvalue weighted by atomic mass is 28.4. The van der Waals surface area contributed by atoms with Gasteiger partial charge >= 0.3 is 9.05 Å². The fourth-order valence-corrected chi connectivity index (χ4v) is 6.44. The Labute approximate surface area is 228 Å². The van der Waals surface area contributed by atoms with Crippen LogP contribution in [0.5, 0.6) is 0 Å². The molecular formula is C31H66O4Si. The van der Waals surface area contributed by atoms with Crippen molar-refractivity contribution in [2.45, 2.75) is 175 Å². The molecule has 0 atom stereocenters. The third kappa shape index (κ3) is 24.4. The topological polar surface area (TPSA) is 36.9 Å². The van der Waals surface area contributed by atoms with Crippen molar-refractivity contribution >= 4 is 9.05 Å². The van der Waals surface area contributed by atoms with Gasteiger partial charge in [0, 0.05) is 26.4 Å². The summed E-state index contributed by atoms with van der Waals surface area (Å²) in [6.07, 6.45) is 29.0. The summed E-state index contributed by atoms with van der Waals surface area (Å²) in [5.41, 5.74) is 0. The molecule has 0 aliphatic carbocycles. The molecule has 0 radical (unpaired) electrons. The van der Waals surface area contributed by atoms with Gasteiger partial charge in [0.15, 0.2) is 0 Å². The van der Waals surface area contributed by atoms with Crippen LogP contribution in [0.3, 0.4) is 0 Å².